The van der Waals surface area contributed by atoms with Crippen LogP contribution in [0.3, 0.4) is 0 Å². The van der Waals surface area contributed by atoms with Gasteiger partial charge in [0.15, 0.2) is 0 Å². The number of aromatic nitrogens is 2. The number of thiophene rings is 1. The van der Waals surface area contributed by atoms with Gasteiger partial charge in [0.1, 0.15) is 17.0 Å². The Morgan fingerprint density at radius 1 is 1.29 bits per heavy atom. The predicted octanol–water partition coefficient (Wildman–Crippen LogP) is 1.94. The Kier molecular flexibility index (Phi) is 2.94. The quantitative estimate of drug-likeness (QED) is 0.871. The third kappa shape index (κ3) is 1.89. The summed E-state index contributed by atoms with van der Waals surface area (Å²) < 4.78 is 0. The lowest BCUT2D eigenvalue weighted by Gasteiger charge is -2.12. The number of nitrogens with two attached hydrogens (primary N) is 1. The van der Waals surface area contributed by atoms with Gasteiger partial charge in [-0.05, 0) is 31.2 Å². The summed E-state index contributed by atoms with van der Waals surface area (Å²) in [5.74, 6) is 0.958. The first kappa shape index (κ1) is 10.9. The van der Waals surface area contributed by atoms with E-state index in [0.29, 0.717) is 6.54 Å². The summed E-state index contributed by atoms with van der Waals surface area (Å²) in [7, 11) is 0. The van der Waals surface area contributed by atoms with Gasteiger partial charge in [-0.25, -0.2) is 9.97 Å². The Hall–Kier alpha value is -1.20. The molecule has 3 rings (SSSR count). The van der Waals surface area contributed by atoms with E-state index in [9.17, 15) is 0 Å². The molecule has 0 saturated carbocycles. The van der Waals surface area contributed by atoms with Crippen LogP contribution in [0, 0.1) is 0 Å². The van der Waals surface area contributed by atoms with E-state index in [1.54, 1.807) is 6.33 Å². The lowest BCUT2D eigenvalue weighted by molar-refractivity contribution is 0.700. The SMILES string of the molecule is NCCNc1ncnc2sc3c(c12)CCCC3. The van der Waals surface area contributed by atoms with Crippen molar-refractivity contribution in [2.75, 3.05) is 18.4 Å². The van der Waals surface area contributed by atoms with Gasteiger partial charge in [-0.2, -0.15) is 0 Å². The highest BCUT2D eigenvalue weighted by molar-refractivity contribution is 7.19. The third-order valence-corrected chi connectivity index (χ3v) is 4.39. The average molecular weight is 248 g/mol. The number of anilines is 1. The molecule has 3 N–H and O–H groups in total. The van der Waals surface area contributed by atoms with Crippen LogP contribution in [0.4, 0.5) is 5.82 Å². The summed E-state index contributed by atoms with van der Waals surface area (Å²) in [6, 6.07) is 0. The second-order valence-corrected chi connectivity index (χ2v) is 5.41. The topological polar surface area (TPSA) is 63.8 Å². The van der Waals surface area contributed by atoms with Crippen LogP contribution >= 0.6 is 11.3 Å². The van der Waals surface area contributed by atoms with Gasteiger partial charge >= 0.3 is 0 Å². The minimum atomic E-state index is 0.623. The molecule has 5 heteroatoms. The molecule has 2 heterocycles. The zero-order valence-corrected chi connectivity index (χ0v) is 10.5. The molecule has 2 aromatic heterocycles. The van der Waals surface area contributed by atoms with E-state index in [4.69, 9.17) is 5.73 Å². The zero-order valence-electron chi connectivity index (χ0n) is 9.70. The van der Waals surface area contributed by atoms with Crippen LogP contribution < -0.4 is 11.1 Å². The second kappa shape index (κ2) is 4.58. The summed E-state index contributed by atoms with van der Waals surface area (Å²) in [6.07, 6.45) is 6.60. The van der Waals surface area contributed by atoms with E-state index in [1.807, 2.05) is 11.3 Å². The predicted molar refractivity (Wildman–Crippen MR) is 71.6 cm³/mol. The van der Waals surface area contributed by atoms with E-state index < -0.39 is 0 Å². The Balaban J connectivity index is 2.12. The average Bonchev–Trinajstić information content (AvgIpc) is 2.75. The van der Waals surface area contributed by atoms with Gasteiger partial charge in [0, 0.05) is 18.0 Å². The number of aryl methyl sites for hydroxylation is 2. The maximum absolute atomic E-state index is 5.53. The van der Waals surface area contributed by atoms with Crippen LogP contribution in [0.1, 0.15) is 23.3 Å². The Labute approximate surface area is 104 Å². The molecule has 0 aliphatic heterocycles. The van der Waals surface area contributed by atoms with Crippen molar-refractivity contribution in [2.24, 2.45) is 5.73 Å². The van der Waals surface area contributed by atoms with E-state index in [1.165, 1.54) is 41.5 Å². The first-order chi connectivity index (χ1) is 8.40. The van der Waals surface area contributed by atoms with E-state index in [-0.39, 0.29) is 0 Å². The van der Waals surface area contributed by atoms with Gasteiger partial charge in [-0.1, -0.05) is 0 Å². The van der Waals surface area contributed by atoms with Gasteiger partial charge in [-0.3, -0.25) is 0 Å². The lowest BCUT2D eigenvalue weighted by atomic mass is 9.97. The summed E-state index contributed by atoms with van der Waals surface area (Å²) >= 11 is 1.82. The fourth-order valence-corrected chi connectivity index (χ4v) is 3.64. The molecular weight excluding hydrogens is 232 g/mol. The maximum Gasteiger partial charge on any atom is 0.138 e. The van der Waals surface area contributed by atoms with Crippen LogP contribution in [0.15, 0.2) is 6.33 Å². The summed E-state index contributed by atoms with van der Waals surface area (Å²) in [6.45, 7) is 1.38. The van der Waals surface area contributed by atoms with Crippen molar-refractivity contribution in [3.05, 3.63) is 16.8 Å². The molecule has 0 atom stereocenters. The number of rotatable bonds is 3. The summed E-state index contributed by atoms with van der Waals surface area (Å²) in [5.41, 5.74) is 7.00. The molecule has 4 nitrogen and oxygen atoms in total. The van der Waals surface area contributed by atoms with Gasteiger partial charge in [0.05, 0.1) is 5.39 Å². The van der Waals surface area contributed by atoms with Crippen LogP contribution in [0.25, 0.3) is 10.2 Å². The molecule has 0 unspecified atom stereocenters. The van der Waals surface area contributed by atoms with Crippen molar-refractivity contribution in [3.8, 4) is 0 Å². The molecule has 0 fully saturated rings. The summed E-state index contributed by atoms with van der Waals surface area (Å²) in [5, 5.41) is 4.54. The van der Waals surface area contributed by atoms with Crippen molar-refractivity contribution in [1.82, 2.24) is 9.97 Å². The van der Waals surface area contributed by atoms with Gasteiger partial charge < -0.3 is 11.1 Å². The van der Waals surface area contributed by atoms with Crippen LogP contribution in [-0.4, -0.2) is 23.1 Å². The van der Waals surface area contributed by atoms with Crippen molar-refractivity contribution in [2.45, 2.75) is 25.7 Å². The first-order valence-electron chi connectivity index (χ1n) is 6.09. The van der Waals surface area contributed by atoms with Crippen molar-refractivity contribution < 1.29 is 0 Å². The molecule has 17 heavy (non-hydrogen) atoms. The fourth-order valence-electron chi connectivity index (χ4n) is 2.41. The Morgan fingerprint density at radius 3 is 3.06 bits per heavy atom. The van der Waals surface area contributed by atoms with E-state index in [2.05, 4.69) is 15.3 Å². The van der Waals surface area contributed by atoms with E-state index in [0.717, 1.165) is 17.2 Å². The number of nitrogens with one attached hydrogen (secondary N) is 1. The maximum atomic E-state index is 5.53. The van der Waals surface area contributed by atoms with Crippen LogP contribution in [0.5, 0.6) is 0 Å². The van der Waals surface area contributed by atoms with Gasteiger partial charge in [-0.15, -0.1) is 11.3 Å². The van der Waals surface area contributed by atoms with Crippen molar-refractivity contribution >= 4 is 27.4 Å². The third-order valence-electron chi connectivity index (χ3n) is 3.19. The number of nitrogens with zero attached hydrogens (tertiary/aromatic N) is 2. The molecule has 0 bridgehead atoms. The highest BCUT2D eigenvalue weighted by atomic mass is 32.1. The minimum Gasteiger partial charge on any atom is -0.368 e. The van der Waals surface area contributed by atoms with Crippen LogP contribution in [-0.2, 0) is 12.8 Å². The first-order valence-corrected chi connectivity index (χ1v) is 6.91. The second-order valence-electron chi connectivity index (χ2n) is 4.33. The highest BCUT2D eigenvalue weighted by Crippen LogP contribution is 2.37. The standard InChI is InChI=1S/C12H16N4S/c13-5-6-14-11-10-8-3-1-2-4-9(8)17-12(10)16-7-15-11/h7H,1-6,13H2,(H,14,15,16). The zero-order chi connectivity index (χ0) is 11.7. The molecule has 0 amide bonds. The molecule has 0 spiro atoms. The molecule has 0 saturated heterocycles. The molecule has 90 valence electrons. The smallest absolute Gasteiger partial charge is 0.138 e. The lowest BCUT2D eigenvalue weighted by Crippen LogP contribution is -2.14. The largest absolute Gasteiger partial charge is 0.368 e. The van der Waals surface area contributed by atoms with Gasteiger partial charge in [0.2, 0.25) is 0 Å². The number of fused-ring (bicyclic) bond motifs is 3. The normalized spacial score (nSPS) is 14.9. The molecule has 0 aromatic carbocycles. The highest BCUT2D eigenvalue weighted by Gasteiger charge is 2.19. The van der Waals surface area contributed by atoms with Crippen LogP contribution in [0.2, 0.25) is 0 Å². The molecule has 2 aromatic rings. The monoisotopic (exact) mass is 248 g/mol. The molecule has 0 radical (unpaired) electrons. The Bertz CT molecular complexity index is 535. The Morgan fingerprint density at radius 2 is 2.18 bits per heavy atom. The molecular formula is C12H16N4S. The number of hydrogen-bond acceptors (Lipinski definition) is 5. The molecule has 1 aliphatic rings. The fraction of sp³-hybridized carbons (Fsp3) is 0.500. The van der Waals surface area contributed by atoms with E-state index >= 15 is 0 Å². The van der Waals surface area contributed by atoms with Gasteiger partial charge in [0.25, 0.3) is 0 Å². The van der Waals surface area contributed by atoms with Crippen molar-refractivity contribution in [3.63, 3.8) is 0 Å². The number of hydrogen-bond donors (Lipinski definition) is 2. The molecule has 1 aliphatic carbocycles. The van der Waals surface area contributed by atoms with Crippen molar-refractivity contribution in [1.29, 1.82) is 0 Å². The minimum absolute atomic E-state index is 0.623. The summed E-state index contributed by atoms with van der Waals surface area (Å²) in [4.78, 5) is 11.4.